The number of aliphatic hydroxyl groups is 1. The Balaban J connectivity index is 2.84. The van der Waals surface area contributed by atoms with Crippen LogP contribution >= 0.6 is 0 Å². The lowest BCUT2D eigenvalue weighted by Crippen LogP contribution is -2.24. The zero-order valence-electron chi connectivity index (χ0n) is 8.33. The lowest BCUT2D eigenvalue weighted by atomic mass is 10.1. The summed E-state index contributed by atoms with van der Waals surface area (Å²) >= 11 is 0. The van der Waals surface area contributed by atoms with Crippen molar-refractivity contribution in [3.05, 3.63) is 17.0 Å². The van der Waals surface area contributed by atoms with Crippen LogP contribution in [0.4, 0.5) is 0 Å². The smallest absolute Gasteiger partial charge is 0.125 e. The standard InChI is InChI=1S/C9H14N4O/c1-6-9(7(2)13-12-6)8(5-10)11-3-4-14/h8,11,14H,3-4H2,1-2H3,(H,12,13). The summed E-state index contributed by atoms with van der Waals surface area (Å²) in [5.41, 5.74) is 2.58. The Morgan fingerprint density at radius 2 is 2.36 bits per heavy atom. The predicted molar refractivity (Wildman–Crippen MR) is 51.5 cm³/mol. The van der Waals surface area contributed by atoms with Gasteiger partial charge in [-0.05, 0) is 13.8 Å². The van der Waals surface area contributed by atoms with E-state index in [9.17, 15) is 0 Å². The topological polar surface area (TPSA) is 84.7 Å². The molecule has 1 rings (SSSR count). The molecular formula is C9H14N4O. The van der Waals surface area contributed by atoms with Crippen LogP contribution in [0.2, 0.25) is 0 Å². The van der Waals surface area contributed by atoms with Crippen molar-refractivity contribution in [2.75, 3.05) is 13.2 Å². The second kappa shape index (κ2) is 4.74. The molecule has 0 fully saturated rings. The van der Waals surface area contributed by atoms with Crippen molar-refractivity contribution in [1.82, 2.24) is 15.5 Å². The number of nitrogens with zero attached hydrogens (tertiary/aromatic N) is 2. The van der Waals surface area contributed by atoms with Crippen molar-refractivity contribution >= 4 is 0 Å². The van der Waals surface area contributed by atoms with Crippen molar-refractivity contribution in [3.8, 4) is 6.07 Å². The van der Waals surface area contributed by atoms with Gasteiger partial charge in [-0.1, -0.05) is 0 Å². The normalized spacial score (nSPS) is 12.4. The Morgan fingerprint density at radius 3 is 2.79 bits per heavy atom. The van der Waals surface area contributed by atoms with Crippen molar-refractivity contribution in [1.29, 1.82) is 5.26 Å². The Hall–Kier alpha value is -1.38. The number of nitriles is 1. The number of aliphatic hydroxyl groups excluding tert-OH is 1. The van der Waals surface area contributed by atoms with Crippen LogP contribution in [0, 0.1) is 25.2 Å². The molecule has 0 radical (unpaired) electrons. The molecular weight excluding hydrogens is 180 g/mol. The van der Waals surface area contributed by atoms with Gasteiger partial charge in [0.2, 0.25) is 0 Å². The van der Waals surface area contributed by atoms with Gasteiger partial charge in [0, 0.05) is 17.8 Å². The zero-order chi connectivity index (χ0) is 10.6. The number of hydrogen-bond acceptors (Lipinski definition) is 4. The first-order valence-electron chi connectivity index (χ1n) is 4.46. The predicted octanol–water partition coefficient (Wildman–Crippen LogP) is 0.173. The Kier molecular flexibility index (Phi) is 3.63. The van der Waals surface area contributed by atoms with E-state index in [4.69, 9.17) is 10.4 Å². The average Bonchev–Trinajstić information content (AvgIpc) is 2.50. The van der Waals surface area contributed by atoms with Gasteiger partial charge >= 0.3 is 0 Å². The van der Waals surface area contributed by atoms with Gasteiger partial charge in [-0.25, -0.2) is 0 Å². The van der Waals surface area contributed by atoms with Gasteiger partial charge in [-0.3, -0.25) is 10.4 Å². The lowest BCUT2D eigenvalue weighted by Gasteiger charge is -2.10. The Bertz CT molecular complexity index is 320. The fraction of sp³-hybridized carbons (Fsp3) is 0.556. The quantitative estimate of drug-likeness (QED) is 0.638. The number of H-pyrrole nitrogens is 1. The first kappa shape index (κ1) is 10.7. The third-order valence-electron chi connectivity index (χ3n) is 2.06. The summed E-state index contributed by atoms with van der Waals surface area (Å²) in [6.45, 7) is 4.15. The molecule has 0 aliphatic rings. The molecule has 0 bridgehead atoms. The second-order valence-electron chi connectivity index (χ2n) is 3.09. The second-order valence-corrected chi connectivity index (χ2v) is 3.09. The van der Waals surface area contributed by atoms with E-state index in [0.717, 1.165) is 17.0 Å². The van der Waals surface area contributed by atoms with Crippen molar-refractivity contribution in [2.24, 2.45) is 0 Å². The fourth-order valence-corrected chi connectivity index (χ4v) is 1.41. The van der Waals surface area contributed by atoms with Crippen LogP contribution in [0.1, 0.15) is 23.0 Å². The minimum absolute atomic E-state index is 0.0220. The van der Waals surface area contributed by atoms with E-state index in [2.05, 4.69) is 21.6 Å². The van der Waals surface area contributed by atoms with Crippen LogP contribution in [0.3, 0.4) is 0 Å². The molecule has 1 atom stereocenters. The highest BCUT2D eigenvalue weighted by atomic mass is 16.3. The third kappa shape index (κ3) is 2.10. The highest BCUT2D eigenvalue weighted by Crippen LogP contribution is 2.18. The summed E-state index contributed by atoms with van der Waals surface area (Å²) < 4.78 is 0. The van der Waals surface area contributed by atoms with Crippen LogP contribution in [0.25, 0.3) is 0 Å². The molecule has 0 aromatic carbocycles. The summed E-state index contributed by atoms with van der Waals surface area (Å²) in [6, 6.07) is 1.74. The maximum atomic E-state index is 8.94. The highest BCUT2D eigenvalue weighted by Gasteiger charge is 2.16. The van der Waals surface area contributed by atoms with Crippen LogP contribution in [0.15, 0.2) is 0 Å². The lowest BCUT2D eigenvalue weighted by molar-refractivity contribution is 0.289. The van der Waals surface area contributed by atoms with Gasteiger partial charge in [-0.15, -0.1) is 0 Å². The Labute approximate surface area is 82.8 Å². The van der Waals surface area contributed by atoms with Gasteiger partial charge < -0.3 is 5.11 Å². The molecule has 0 aliphatic carbocycles. The van der Waals surface area contributed by atoms with Crippen molar-refractivity contribution < 1.29 is 5.11 Å². The number of rotatable bonds is 4. The first-order chi connectivity index (χ1) is 6.70. The molecule has 5 nitrogen and oxygen atoms in total. The van der Waals surface area contributed by atoms with Gasteiger partial charge in [0.15, 0.2) is 0 Å². The van der Waals surface area contributed by atoms with Gasteiger partial charge in [-0.2, -0.15) is 10.4 Å². The van der Waals surface area contributed by atoms with E-state index in [1.54, 1.807) is 0 Å². The fourth-order valence-electron chi connectivity index (χ4n) is 1.41. The zero-order valence-corrected chi connectivity index (χ0v) is 8.33. The molecule has 1 aromatic heterocycles. The maximum absolute atomic E-state index is 8.94. The average molecular weight is 194 g/mol. The highest BCUT2D eigenvalue weighted by molar-refractivity contribution is 5.31. The van der Waals surface area contributed by atoms with E-state index >= 15 is 0 Å². The number of hydrogen-bond donors (Lipinski definition) is 3. The van der Waals surface area contributed by atoms with Crippen molar-refractivity contribution in [2.45, 2.75) is 19.9 Å². The number of aromatic amines is 1. The number of aryl methyl sites for hydroxylation is 2. The molecule has 5 heteroatoms. The van der Waals surface area contributed by atoms with E-state index in [-0.39, 0.29) is 6.61 Å². The molecule has 3 N–H and O–H groups in total. The molecule has 1 heterocycles. The number of aromatic nitrogens is 2. The third-order valence-corrected chi connectivity index (χ3v) is 2.06. The van der Waals surface area contributed by atoms with E-state index in [0.29, 0.717) is 6.54 Å². The van der Waals surface area contributed by atoms with Crippen LogP contribution in [-0.2, 0) is 0 Å². The molecule has 1 unspecified atom stereocenters. The van der Waals surface area contributed by atoms with E-state index < -0.39 is 6.04 Å². The Morgan fingerprint density at radius 1 is 1.64 bits per heavy atom. The first-order valence-corrected chi connectivity index (χ1v) is 4.46. The molecule has 0 spiro atoms. The molecule has 14 heavy (non-hydrogen) atoms. The van der Waals surface area contributed by atoms with Crippen LogP contribution in [0.5, 0.6) is 0 Å². The van der Waals surface area contributed by atoms with Gasteiger partial charge in [0.1, 0.15) is 6.04 Å². The van der Waals surface area contributed by atoms with Crippen LogP contribution < -0.4 is 5.32 Å². The summed E-state index contributed by atoms with van der Waals surface area (Å²) in [6.07, 6.45) is 0. The molecule has 0 saturated carbocycles. The van der Waals surface area contributed by atoms with E-state index in [1.807, 2.05) is 13.8 Å². The molecule has 0 amide bonds. The largest absolute Gasteiger partial charge is 0.395 e. The summed E-state index contributed by atoms with van der Waals surface area (Å²) in [7, 11) is 0. The van der Waals surface area contributed by atoms with Crippen LogP contribution in [-0.4, -0.2) is 28.5 Å². The molecule has 76 valence electrons. The summed E-state index contributed by atoms with van der Waals surface area (Å²) in [4.78, 5) is 0. The monoisotopic (exact) mass is 194 g/mol. The maximum Gasteiger partial charge on any atom is 0.125 e. The molecule has 0 aliphatic heterocycles. The molecule has 0 saturated heterocycles. The number of nitrogens with one attached hydrogen (secondary N) is 2. The minimum Gasteiger partial charge on any atom is -0.395 e. The molecule has 1 aromatic rings. The SMILES string of the molecule is Cc1n[nH]c(C)c1C(C#N)NCCO. The minimum atomic E-state index is -0.402. The summed E-state index contributed by atoms with van der Waals surface area (Å²) in [5, 5.41) is 27.4. The van der Waals surface area contributed by atoms with Gasteiger partial charge in [0.05, 0.1) is 18.4 Å². The van der Waals surface area contributed by atoms with Crippen molar-refractivity contribution in [3.63, 3.8) is 0 Å². The van der Waals surface area contributed by atoms with E-state index in [1.165, 1.54) is 0 Å². The van der Waals surface area contributed by atoms with Gasteiger partial charge in [0.25, 0.3) is 0 Å². The summed E-state index contributed by atoms with van der Waals surface area (Å²) in [5.74, 6) is 0.